The molecule has 0 saturated heterocycles. The fourth-order valence-electron chi connectivity index (χ4n) is 1.80. The van der Waals surface area contributed by atoms with Crippen LogP contribution < -0.4 is 5.32 Å². The molecule has 1 aromatic heterocycles. The SMILES string of the molecule is CCC(=O)[C@H](CC(C)C)n1cc(CNC)nn1. The van der Waals surface area contributed by atoms with E-state index in [1.807, 2.05) is 20.2 Å². The largest absolute Gasteiger partial charge is 0.314 e. The molecule has 5 heteroatoms. The van der Waals surface area contributed by atoms with E-state index < -0.39 is 0 Å². The van der Waals surface area contributed by atoms with Crippen molar-refractivity contribution in [2.24, 2.45) is 5.92 Å². The van der Waals surface area contributed by atoms with E-state index >= 15 is 0 Å². The first kappa shape index (κ1) is 13.8. The lowest BCUT2D eigenvalue weighted by Crippen LogP contribution is -2.21. The molecular formula is C12H22N4O. The number of carbonyl (C=O) groups is 1. The van der Waals surface area contributed by atoms with Crippen LogP contribution in [0.4, 0.5) is 0 Å². The minimum atomic E-state index is -0.168. The van der Waals surface area contributed by atoms with Gasteiger partial charge in [0.15, 0.2) is 5.78 Å². The molecule has 0 radical (unpaired) electrons. The predicted octanol–water partition coefficient (Wildman–Crippen LogP) is 1.56. The summed E-state index contributed by atoms with van der Waals surface area (Å²) in [5.41, 5.74) is 0.866. The van der Waals surface area contributed by atoms with Gasteiger partial charge in [-0.2, -0.15) is 0 Å². The van der Waals surface area contributed by atoms with Crippen LogP contribution >= 0.6 is 0 Å². The highest BCUT2D eigenvalue weighted by Gasteiger charge is 2.21. The summed E-state index contributed by atoms with van der Waals surface area (Å²) in [6.45, 7) is 6.79. The third-order valence-corrected chi connectivity index (χ3v) is 2.65. The van der Waals surface area contributed by atoms with E-state index in [0.717, 1.165) is 12.1 Å². The summed E-state index contributed by atoms with van der Waals surface area (Å²) in [5, 5.41) is 11.1. The van der Waals surface area contributed by atoms with Crippen molar-refractivity contribution in [2.45, 2.75) is 46.2 Å². The third kappa shape index (κ3) is 3.93. The molecule has 1 aromatic rings. The molecule has 1 rings (SSSR count). The molecule has 1 heterocycles. The molecule has 0 aliphatic heterocycles. The van der Waals surface area contributed by atoms with Crippen LogP contribution in [0.25, 0.3) is 0 Å². The Labute approximate surface area is 103 Å². The third-order valence-electron chi connectivity index (χ3n) is 2.65. The van der Waals surface area contributed by atoms with Gasteiger partial charge in [-0.15, -0.1) is 5.10 Å². The van der Waals surface area contributed by atoms with Gasteiger partial charge in [-0.05, 0) is 19.4 Å². The van der Waals surface area contributed by atoms with Gasteiger partial charge in [0, 0.05) is 13.0 Å². The van der Waals surface area contributed by atoms with Gasteiger partial charge >= 0.3 is 0 Å². The number of rotatable bonds is 7. The quantitative estimate of drug-likeness (QED) is 0.783. The molecule has 0 fully saturated rings. The summed E-state index contributed by atoms with van der Waals surface area (Å²) in [7, 11) is 1.86. The van der Waals surface area contributed by atoms with Crippen molar-refractivity contribution in [1.82, 2.24) is 20.3 Å². The summed E-state index contributed by atoms with van der Waals surface area (Å²) < 4.78 is 1.71. The second kappa shape index (κ2) is 6.49. The van der Waals surface area contributed by atoms with Crippen molar-refractivity contribution in [1.29, 1.82) is 0 Å². The number of carbonyl (C=O) groups excluding carboxylic acids is 1. The summed E-state index contributed by atoms with van der Waals surface area (Å²) in [6, 6.07) is -0.168. The van der Waals surface area contributed by atoms with E-state index in [1.54, 1.807) is 4.68 Å². The van der Waals surface area contributed by atoms with Crippen LogP contribution in [0.15, 0.2) is 6.20 Å². The Morgan fingerprint density at radius 1 is 1.53 bits per heavy atom. The highest BCUT2D eigenvalue weighted by Crippen LogP contribution is 2.19. The first-order valence-electron chi connectivity index (χ1n) is 6.16. The average Bonchev–Trinajstić information content (AvgIpc) is 2.73. The zero-order chi connectivity index (χ0) is 12.8. The molecule has 0 bridgehead atoms. The number of aromatic nitrogens is 3. The number of Topliss-reactive ketones (excluding diaryl/α,β-unsaturated/α-hetero) is 1. The standard InChI is InChI=1S/C12H22N4O/c1-5-12(17)11(6-9(2)3)16-8-10(7-13-4)14-15-16/h8-9,11,13H,5-7H2,1-4H3/t11-/m0/s1. The van der Waals surface area contributed by atoms with Gasteiger partial charge in [0.1, 0.15) is 6.04 Å². The average molecular weight is 238 g/mol. The molecule has 0 aliphatic carbocycles. The molecule has 0 unspecified atom stereocenters. The maximum atomic E-state index is 11.9. The Morgan fingerprint density at radius 3 is 2.76 bits per heavy atom. The molecular weight excluding hydrogens is 216 g/mol. The highest BCUT2D eigenvalue weighted by atomic mass is 16.1. The second-order valence-electron chi connectivity index (χ2n) is 4.69. The van der Waals surface area contributed by atoms with Crippen molar-refractivity contribution in [3.05, 3.63) is 11.9 Å². The van der Waals surface area contributed by atoms with Gasteiger partial charge in [-0.25, -0.2) is 4.68 Å². The van der Waals surface area contributed by atoms with Crippen LogP contribution in [0.1, 0.15) is 45.3 Å². The van der Waals surface area contributed by atoms with Gasteiger partial charge < -0.3 is 5.32 Å². The molecule has 5 nitrogen and oxygen atoms in total. The molecule has 0 amide bonds. The normalized spacial score (nSPS) is 13.0. The van der Waals surface area contributed by atoms with Gasteiger partial charge in [0.2, 0.25) is 0 Å². The van der Waals surface area contributed by atoms with Gasteiger partial charge in [0.25, 0.3) is 0 Å². The second-order valence-corrected chi connectivity index (χ2v) is 4.69. The predicted molar refractivity (Wildman–Crippen MR) is 66.6 cm³/mol. The Kier molecular flexibility index (Phi) is 5.28. The van der Waals surface area contributed by atoms with E-state index in [9.17, 15) is 4.79 Å². The van der Waals surface area contributed by atoms with Crippen LogP contribution in [-0.4, -0.2) is 27.8 Å². The highest BCUT2D eigenvalue weighted by molar-refractivity contribution is 5.82. The molecule has 0 saturated carbocycles. The van der Waals surface area contributed by atoms with Gasteiger partial charge in [-0.1, -0.05) is 26.0 Å². The first-order valence-corrected chi connectivity index (χ1v) is 6.16. The lowest BCUT2D eigenvalue weighted by Gasteiger charge is -2.16. The van der Waals surface area contributed by atoms with Crippen molar-refractivity contribution >= 4 is 5.78 Å². The van der Waals surface area contributed by atoms with Crippen molar-refractivity contribution in [2.75, 3.05) is 7.05 Å². The van der Waals surface area contributed by atoms with Crippen LogP contribution in [-0.2, 0) is 11.3 Å². The van der Waals surface area contributed by atoms with Crippen LogP contribution in [0, 0.1) is 5.92 Å². The number of nitrogens with zero attached hydrogens (tertiary/aromatic N) is 3. The maximum absolute atomic E-state index is 11.9. The maximum Gasteiger partial charge on any atom is 0.157 e. The summed E-state index contributed by atoms with van der Waals surface area (Å²) in [5.74, 6) is 0.687. The van der Waals surface area contributed by atoms with Crippen LogP contribution in [0.5, 0.6) is 0 Å². The fourth-order valence-corrected chi connectivity index (χ4v) is 1.80. The molecule has 0 aromatic carbocycles. The first-order chi connectivity index (χ1) is 8.08. The molecule has 17 heavy (non-hydrogen) atoms. The van der Waals surface area contributed by atoms with Crippen molar-refractivity contribution in [3.63, 3.8) is 0 Å². The monoisotopic (exact) mass is 238 g/mol. The topological polar surface area (TPSA) is 59.8 Å². The molecule has 96 valence electrons. The Balaban J connectivity index is 2.83. The number of nitrogens with one attached hydrogen (secondary N) is 1. The molecule has 1 N–H and O–H groups in total. The van der Waals surface area contributed by atoms with E-state index in [-0.39, 0.29) is 11.8 Å². The summed E-state index contributed by atoms with van der Waals surface area (Å²) >= 11 is 0. The summed E-state index contributed by atoms with van der Waals surface area (Å²) in [6.07, 6.45) is 3.21. The van der Waals surface area contributed by atoms with Crippen molar-refractivity contribution < 1.29 is 4.79 Å². The lowest BCUT2D eigenvalue weighted by molar-refractivity contribution is -0.122. The Hall–Kier alpha value is -1.23. The van der Waals surface area contributed by atoms with Gasteiger partial charge in [-0.3, -0.25) is 4.79 Å². The lowest BCUT2D eigenvalue weighted by atomic mass is 9.99. The zero-order valence-electron chi connectivity index (χ0n) is 11.1. The fraction of sp³-hybridized carbons (Fsp3) is 0.750. The number of hydrogen-bond donors (Lipinski definition) is 1. The van der Waals surface area contributed by atoms with Crippen LogP contribution in [0.3, 0.4) is 0 Å². The number of hydrogen-bond acceptors (Lipinski definition) is 4. The van der Waals surface area contributed by atoms with E-state index in [0.29, 0.717) is 18.9 Å². The number of ketones is 1. The van der Waals surface area contributed by atoms with E-state index in [4.69, 9.17) is 0 Å². The molecule has 1 atom stereocenters. The van der Waals surface area contributed by atoms with E-state index in [1.165, 1.54) is 0 Å². The Bertz CT molecular complexity index is 359. The van der Waals surface area contributed by atoms with Crippen molar-refractivity contribution in [3.8, 4) is 0 Å². The molecule has 0 spiro atoms. The minimum absolute atomic E-state index is 0.168. The zero-order valence-corrected chi connectivity index (χ0v) is 11.1. The Morgan fingerprint density at radius 2 is 2.24 bits per heavy atom. The summed E-state index contributed by atoms with van der Waals surface area (Å²) in [4.78, 5) is 11.9. The minimum Gasteiger partial charge on any atom is -0.314 e. The molecule has 0 aliphatic rings. The smallest absolute Gasteiger partial charge is 0.157 e. The van der Waals surface area contributed by atoms with E-state index in [2.05, 4.69) is 29.5 Å². The van der Waals surface area contributed by atoms with Gasteiger partial charge in [0.05, 0.1) is 11.9 Å². The van der Waals surface area contributed by atoms with Crippen LogP contribution in [0.2, 0.25) is 0 Å².